The van der Waals surface area contributed by atoms with E-state index in [0.29, 0.717) is 6.04 Å². The van der Waals surface area contributed by atoms with Gasteiger partial charge in [0.05, 0.1) is 12.2 Å². The van der Waals surface area contributed by atoms with Gasteiger partial charge in [-0.2, -0.15) is 0 Å². The fourth-order valence-corrected chi connectivity index (χ4v) is 2.91. The van der Waals surface area contributed by atoms with Gasteiger partial charge in [-0.15, -0.1) is 0 Å². The molecule has 1 atom stereocenters. The monoisotopic (exact) mass is 302 g/mol. The van der Waals surface area contributed by atoms with Crippen molar-refractivity contribution in [3.05, 3.63) is 53.4 Å². The molecule has 21 heavy (non-hydrogen) atoms. The Kier molecular flexibility index (Phi) is 4.68. The number of hydrogen-bond acceptors (Lipinski definition) is 4. The molecule has 110 valence electrons. The van der Waals surface area contributed by atoms with Gasteiger partial charge in [0.1, 0.15) is 5.82 Å². The SMILES string of the molecule is Clc1ccc(C(CNc2cnccn2)N2CCCC2)cc1. The Hall–Kier alpha value is -1.65. The second-order valence-electron chi connectivity index (χ2n) is 5.28. The van der Waals surface area contributed by atoms with Crippen LogP contribution in [0.2, 0.25) is 5.02 Å². The number of aromatic nitrogens is 2. The second-order valence-corrected chi connectivity index (χ2v) is 5.72. The predicted molar refractivity (Wildman–Crippen MR) is 85.5 cm³/mol. The molecule has 0 saturated carbocycles. The van der Waals surface area contributed by atoms with Crippen molar-refractivity contribution in [2.45, 2.75) is 18.9 Å². The maximum Gasteiger partial charge on any atom is 0.144 e. The lowest BCUT2D eigenvalue weighted by atomic mass is 10.1. The topological polar surface area (TPSA) is 41.1 Å². The maximum atomic E-state index is 6.00. The van der Waals surface area contributed by atoms with Crippen LogP contribution < -0.4 is 5.32 Å². The van der Waals surface area contributed by atoms with Gasteiger partial charge in [-0.25, -0.2) is 4.98 Å². The summed E-state index contributed by atoms with van der Waals surface area (Å²) in [6.45, 7) is 3.12. The molecule has 3 rings (SSSR count). The number of hydrogen-bond donors (Lipinski definition) is 1. The normalized spacial score (nSPS) is 16.8. The second kappa shape index (κ2) is 6.87. The highest BCUT2D eigenvalue weighted by molar-refractivity contribution is 6.30. The quantitative estimate of drug-likeness (QED) is 0.919. The average molecular weight is 303 g/mol. The summed E-state index contributed by atoms with van der Waals surface area (Å²) >= 11 is 6.00. The van der Waals surface area contributed by atoms with E-state index in [1.165, 1.54) is 18.4 Å². The Morgan fingerprint density at radius 1 is 1.14 bits per heavy atom. The fourth-order valence-electron chi connectivity index (χ4n) is 2.79. The van der Waals surface area contributed by atoms with Gasteiger partial charge in [-0.05, 0) is 43.6 Å². The van der Waals surface area contributed by atoms with Crippen LogP contribution in [0.1, 0.15) is 24.4 Å². The molecule has 4 nitrogen and oxygen atoms in total. The Labute approximate surface area is 130 Å². The molecule has 1 saturated heterocycles. The van der Waals surface area contributed by atoms with E-state index in [1.807, 2.05) is 12.1 Å². The minimum Gasteiger partial charge on any atom is -0.367 e. The summed E-state index contributed by atoms with van der Waals surface area (Å²) in [5.41, 5.74) is 1.29. The number of nitrogens with zero attached hydrogens (tertiary/aromatic N) is 3. The standard InChI is InChI=1S/C16H19ClN4/c17-14-5-3-13(4-6-14)15(21-9-1-2-10-21)11-20-16-12-18-7-8-19-16/h3-8,12,15H,1-2,9-11H2,(H,19,20). The van der Waals surface area contributed by atoms with E-state index in [2.05, 4.69) is 32.3 Å². The van der Waals surface area contributed by atoms with Crippen molar-refractivity contribution < 1.29 is 0 Å². The lowest BCUT2D eigenvalue weighted by Crippen LogP contribution is -2.31. The maximum absolute atomic E-state index is 6.00. The zero-order valence-corrected chi connectivity index (χ0v) is 12.6. The van der Waals surface area contributed by atoms with E-state index in [-0.39, 0.29) is 0 Å². The Morgan fingerprint density at radius 2 is 1.90 bits per heavy atom. The molecular formula is C16H19ClN4. The van der Waals surface area contributed by atoms with E-state index < -0.39 is 0 Å². The van der Waals surface area contributed by atoms with E-state index in [4.69, 9.17) is 11.6 Å². The summed E-state index contributed by atoms with van der Waals surface area (Å²) in [5.74, 6) is 0.815. The van der Waals surface area contributed by atoms with Gasteiger partial charge >= 0.3 is 0 Å². The number of halogens is 1. The van der Waals surface area contributed by atoms with E-state index >= 15 is 0 Å². The van der Waals surface area contributed by atoms with Crippen molar-refractivity contribution in [3.63, 3.8) is 0 Å². The molecule has 1 aromatic carbocycles. The number of anilines is 1. The lowest BCUT2D eigenvalue weighted by molar-refractivity contribution is 0.256. The van der Waals surface area contributed by atoms with E-state index in [0.717, 1.165) is 30.5 Å². The van der Waals surface area contributed by atoms with E-state index in [9.17, 15) is 0 Å². The van der Waals surface area contributed by atoms with Gasteiger partial charge < -0.3 is 5.32 Å². The summed E-state index contributed by atoms with van der Waals surface area (Å²) < 4.78 is 0. The lowest BCUT2D eigenvalue weighted by Gasteiger charge is -2.28. The zero-order chi connectivity index (χ0) is 14.5. The predicted octanol–water partition coefficient (Wildman–Crippen LogP) is 3.38. The number of nitrogens with one attached hydrogen (secondary N) is 1. The molecule has 1 aromatic heterocycles. The third-order valence-corrected chi connectivity index (χ3v) is 4.13. The largest absolute Gasteiger partial charge is 0.367 e. The highest BCUT2D eigenvalue weighted by Gasteiger charge is 2.23. The summed E-state index contributed by atoms with van der Waals surface area (Å²) in [5, 5.41) is 4.16. The van der Waals surface area contributed by atoms with Crippen LogP contribution in [-0.4, -0.2) is 34.5 Å². The fraction of sp³-hybridized carbons (Fsp3) is 0.375. The number of benzene rings is 1. The summed E-state index contributed by atoms with van der Waals surface area (Å²) in [6.07, 6.45) is 7.69. The van der Waals surface area contributed by atoms with Gasteiger partial charge in [0.25, 0.3) is 0 Å². The summed E-state index contributed by atoms with van der Waals surface area (Å²) in [7, 11) is 0. The molecule has 2 heterocycles. The van der Waals surface area contributed by atoms with Crippen LogP contribution in [0, 0.1) is 0 Å². The van der Waals surface area contributed by atoms with Crippen LogP contribution in [0.25, 0.3) is 0 Å². The molecule has 1 N–H and O–H groups in total. The van der Waals surface area contributed by atoms with Gasteiger partial charge in [-0.1, -0.05) is 23.7 Å². The van der Waals surface area contributed by atoms with Crippen molar-refractivity contribution in [3.8, 4) is 0 Å². The molecule has 0 radical (unpaired) electrons. The molecular weight excluding hydrogens is 284 g/mol. The number of likely N-dealkylation sites (tertiary alicyclic amines) is 1. The molecule has 2 aromatic rings. The molecule has 0 aliphatic carbocycles. The van der Waals surface area contributed by atoms with Crippen molar-refractivity contribution in [1.82, 2.24) is 14.9 Å². The molecule has 0 spiro atoms. The number of rotatable bonds is 5. The van der Waals surface area contributed by atoms with Crippen molar-refractivity contribution in [2.75, 3.05) is 25.0 Å². The third kappa shape index (κ3) is 3.71. The molecule has 0 bridgehead atoms. The third-order valence-electron chi connectivity index (χ3n) is 3.88. The first-order valence-electron chi connectivity index (χ1n) is 7.32. The van der Waals surface area contributed by atoms with Crippen molar-refractivity contribution in [2.24, 2.45) is 0 Å². The highest BCUT2D eigenvalue weighted by atomic mass is 35.5. The Balaban J connectivity index is 1.74. The van der Waals surface area contributed by atoms with Gasteiger partial charge in [0, 0.05) is 24.0 Å². The summed E-state index contributed by atoms with van der Waals surface area (Å²) in [6, 6.07) is 8.49. The average Bonchev–Trinajstić information content (AvgIpc) is 3.04. The Morgan fingerprint density at radius 3 is 2.57 bits per heavy atom. The van der Waals surface area contributed by atoms with Crippen LogP contribution in [0.15, 0.2) is 42.9 Å². The summed E-state index contributed by atoms with van der Waals surface area (Å²) in [4.78, 5) is 10.9. The molecule has 0 amide bonds. The molecule has 5 heteroatoms. The minimum absolute atomic E-state index is 0.340. The van der Waals surface area contributed by atoms with Crippen LogP contribution >= 0.6 is 11.6 Å². The smallest absolute Gasteiger partial charge is 0.144 e. The van der Waals surface area contributed by atoms with E-state index in [1.54, 1.807) is 18.6 Å². The first kappa shape index (κ1) is 14.3. The molecule has 1 fully saturated rings. The zero-order valence-electron chi connectivity index (χ0n) is 11.9. The van der Waals surface area contributed by atoms with Gasteiger partial charge in [-0.3, -0.25) is 9.88 Å². The van der Waals surface area contributed by atoms with Crippen molar-refractivity contribution in [1.29, 1.82) is 0 Å². The van der Waals surface area contributed by atoms with Gasteiger partial charge in [0.15, 0.2) is 0 Å². The first-order chi connectivity index (χ1) is 10.3. The van der Waals surface area contributed by atoms with Crippen LogP contribution in [0.5, 0.6) is 0 Å². The molecule has 1 unspecified atom stereocenters. The molecule has 1 aliphatic heterocycles. The Bertz CT molecular complexity index is 552. The minimum atomic E-state index is 0.340. The first-order valence-corrected chi connectivity index (χ1v) is 7.70. The van der Waals surface area contributed by atoms with Crippen LogP contribution in [0.4, 0.5) is 5.82 Å². The molecule has 1 aliphatic rings. The van der Waals surface area contributed by atoms with Crippen LogP contribution in [-0.2, 0) is 0 Å². The highest BCUT2D eigenvalue weighted by Crippen LogP contribution is 2.26. The van der Waals surface area contributed by atoms with Crippen molar-refractivity contribution >= 4 is 17.4 Å². The van der Waals surface area contributed by atoms with Gasteiger partial charge in [0.2, 0.25) is 0 Å². The van der Waals surface area contributed by atoms with Crippen LogP contribution in [0.3, 0.4) is 0 Å².